The number of carbonyl (C=O) groups is 1. The van der Waals surface area contributed by atoms with Gasteiger partial charge < -0.3 is 15.7 Å². The van der Waals surface area contributed by atoms with Crippen LogP contribution in [0.15, 0.2) is 0 Å². The van der Waals surface area contributed by atoms with Crippen molar-refractivity contribution in [2.75, 3.05) is 19.6 Å². The smallest absolute Gasteiger partial charge is 0.227 e. The van der Waals surface area contributed by atoms with Gasteiger partial charge in [-0.1, -0.05) is 6.92 Å². The highest BCUT2D eigenvalue weighted by Gasteiger charge is 2.40. The molecule has 0 bridgehead atoms. The number of hydrogen-bond donors (Lipinski definition) is 2. The first kappa shape index (κ1) is 10.5. The van der Waals surface area contributed by atoms with E-state index in [0.29, 0.717) is 19.6 Å². The van der Waals surface area contributed by atoms with Crippen LogP contribution in [0.1, 0.15) is 20.3 Å². The highest BCUT2D eigenvalue weighted by molar-refractivity contribution is 5.80. The molecule has 1 rings (SSSR count). The molecular weight excluding hydrogens is 168 g/mol. The van der Waals surface area contributed by atoms with Crippen LogP contribution in [0.25, 0.3) is 0 Å². The van der Waals surface area contributed by atoms with Crippen molar-refractivity contribution in [1.29, 1.82) is 0 Å². The Balaban J connectivity index is 2.42. The summed E-state index contributed by atoms with van der Waals surface area (Å²) in [6.45, 7) is 4.98. The second-order valence-corrected chi connectivity index (χ2v) is 4.03. The third-order valence-corrected chi connectivity index (χ3v) is 2.50. The van der Waals surface area contributed by atoms with Crippen LogP contribution in [-0.2, 0) is 4.79 Å². The van der Waals surface area contributed by atoms with E-state index < -0.39 is 5.60 Å². The van der Waals surface area contributed by atoms with Crippen molar-refractivity contribution < 1.29 is 9.90 Å². The second kappa shape index (κ2) is 3.64. The second-order valence-electron chi connectivity index (χ2n) is 4.03. The molecule has 1 aliphatic rings. The van der Waals surface area contributed by atoms with Crippen LogP contribution >= 0.6 is 0 Å². The molecule has 76 valence electrons. The summed E-state index contributed by atoms with van der Waals surface area (Å²) in [5.74, 6) is 0.00706. The number of rotatable bonds is 3. The van der Waals surface area contributed by atoms with Crippen molar-refractivity contribution >= 4 is 5.91 Å². The summed E-state index contributed by atoms with van der Waals surface area (Å²) in [4.78, 5) is 13.3. The number of β-amino-alcohol motifs (C(OH)–C–C–N with tert-alkyl or cyclic N) is 1. The van der Waals surface area contributed by atoms with E-state index in [2.05, 4.69) is 0 Å². The minimum absolute atomic E-state index is 0.0731. The van der Waals surface area contributed by atoms with Crippen LogP contribution in [0.3, 0.4) is 0 Å². The topological polar surface area (TPSA) is 66.6 Å². The van der Waals surface area contributed by atoms with Crippen LogP contribution in [0.2, 0.25) is 0 Å². The summed E-state index contributed by atoms with van der Waals surface area (Å²) in [5.41, 5.74) is 4.78. The molecule has 13 heavy (non-hydrogen) atoms. The molecule has 4 nitrogen and oxygen atoms in total. The molecule has 0 saturated carbocycles. The molecule has 1 unspecified atom stereocenters. The lowest BCUT2D eigenvalue weighted by Gasteiger charge is -2.45. The predicted molar refractivity (Wildman–Crippen MR) is 50.0 cm³/mol. The SMILES string of the molecule is CCC(CN)C(=O)N1CC(C)(O)C1. The third kappa shape index (κ3) is 2.19. The quantitative estimate of drug-likeness (QED) is 0.628. The van der Waals surface area contributed by atoms with Gasteiger partial charge in [0.15, 0.2) is 0 Å². The Kier molecular flexibility index (Phi) is 2.93. The maximum atomic E-state index is 11.6. The lowest BCUT2D eigenvalue weighted by atomic mass is 9.94. The molecule has 1 saturated heterocycles. The van der Waals surface area contributed by atoms with Gasteiger partial charge in [-0.3, -0.25) is 4.79 Å². The van der Waals surface area contributed by atoms with Crippen molar-refractivity contribution in [3.05, 3.63) is 0 Å². The fraction of sp³-hybridized carbons (Fsp3) is 0.889. The average Bonchev–Trinajstić information content (AvgIpc) is 2.02. The Morgan fingerprint density at radius 1 is 1.69 bits per heavy atom. The maximum absolute atomic E-state index is 11.6. The van der Waals surface area contributed by atoms with Gasteiger partial charge in [-0.15, -0.1) is 0 Å². The summed E-state index contributed by atoms with van der Waals surface area (Å²) in [5, 5.41) is 9.43. The fourth-order valence-electron chi connectivity index (χ4n) is 1.63. The summed E-state index contributed by atoms with van der Waals surface area (Å²) in [6.07, 6.45) is 0.772. The van der Waals surface area contributed by atoms with Gasteiger partial charge in [0.1, 0.15) is 0 Å². The van der Waals surface area contributed by atoms with Gasteiger partial charge in [0.25, 0.3) is 0 Å². The van der Waals surface area contributed by atoms with E-state index >= 15 is 0 Å². The molecule has 1 heterocycles. The van der Waals surface area contributed by atoms with Crippen LogP contribution in [0.5, 0.6) is 0 Å². The van der Waals surface area contributed by atoms with Crippen LogP contribution in [0.4, 0.5) is 0 Å². The van der Waals surface area contributed by atoms with E-state index in [0.717, 1.165) is 6.42 Å². The zero-order valence-corrected chi connectivity index (χ0v) is 8.29. The highest BCUT2D eigenvalue weighted by Crippen LogP contribution is 2.22. The van der Waals surface area contributed by atoms with Crippen molar-refractivity contribution in [3.8, 4) is 0 Å². The van der Waals surface area contributed by atoms with Gasteiger partial charge in [-0.05, 0) is 13.3 Å². The maximum Gasteiger partial charge on any atom is 0.227 e. The van der Waals surface area contributed by atoms with Gasteiger partial charge in [-0.2, -0.15) is 0 Å². The van der Waals surface area contributed by atoms with Gasteiger partial charge >= 0.3 is 0 Å². The van der Waals surface area contributed by atoms with E-state index in [9.17, 15) is 9.90 Å². The molecular formula is C9H18N2O2. The number of carbonyl (C=O) groups excluding carboxylic acids is 1. The van der Waals surface area contributed by atoms with Gasteiger partial charge in [0.05, 0.1) is 24.6 Å². The minimum atomic E-state index is -0.678. The molecule has 1 fully saturated rings. The van der Waals surface area contributed by atoms with Crippen molar-refractivity contribution in [2.45, 2.75) is 25.9 Å². The normalized spacial score (nSPS) is 22.3. The fourth-order valence-corrected chi connectivity index (χ4v) is 1.63. The Morgan fingerprint density at radius 3 is 2.54 bits per heavy atom. The summed E-state index contributed by atoms with van der Waals surface area (Å²) in [6, 6.07) is 0. The number of nitrogens with two attached hydrogens (primary N) is 1. The van der Waals surface area contributed by atoms with Gasteiger partial charge in [-0.25, -0.2) is 0 Å². The molecule has 3 N–H and O–H groups in total. The number of hydrogen-bond acceptors (Lipinski definition) is 3. The summed E-state index contributed by atoms with van der Waals surface area (Å²) >= 11 is 0. The van der Waals surface area contributed by atoms with Gasteiger partial charge in [0, 0.05) is 6.54 Å². The average molecular weight is 186 g/mol. The van der Waals surface area contributed by atoms with Crippen molar-refractivity contribution in [2.24, 2.45) is 11.7 Å². The van der Waals surface area contributed by atoms with Crippen LogP contribution in [-0.4, -0.2) is 41.1 Å². The number of amides is 1. The Bertz CT molecular complexity index is 192. The lowest BCUT2D eigenvalue weighted by Crippen LogP contribution is -2.63. The first-order valence-electron chi connectivity index (χ1n) is 4.71. The van der Waals surface area contributed by atoms with E-state index in [4.69, 9.17) is 5.73 Å². The molecule has 0 aliphatic carbocycles. The first-order valence-corrected chi connectivity index (χ1v) is 4.71. The highest BCUT2D eigenvalue weighted by atomic mass is 16.3. The minimum Gasteiger partial charge on any atom is -0.386 e. The summed E-state index contributed by atoms with van der Waals surface area (Å²) in [7, 11) is 0. The van der Waals surface area contributed by atoms with Gasteiger partial charge in [0.2, 0.25) is 5.91 Å². The lowest BCUT2D eigenvalue weighted by molar-refractivity contribution is -0.156. The van der Waals surface area contributed by atoms with E-state index in [1.165, 1.54) is 0 Å². The number of aliphatic hydroxyl groups is 1. The molecule has 0 aromatic heterocycles. The molecule has 4 heteroatoms. The molecule has 1 amide bonds. The third-order valence-electron chi connectivity index (χ3n) is 2.50. The van der Waals surface area contributed by atoms with Crippen molar-refractivity contribution in [3.63, 3.8) is 0 Å². The van der Waals surface area contributed by atoms with E-state index in [1.807, 2.05) is 6.92 Å². The molecule has 1 atom stereocenters. The first-order chi connectivity index (χ1) is 6.00. The Labute approximate surface area is 78.7 Å². The molecule has 0 aromatic rings. The zero-order chi connectivity index (χ0) is 10.1. The number of nitrogens with zero attached hydrogens (tertiary/aromatic N) is 1. The molecule has 0 aromatic carbocycles. The van der Waals surface area contributed by atoms with E-state index in [1.54, 1.807) is 11.8 Å². The zero-order valence-electron chi connectivity index (χ0n) is 8.29. The molecule has 1 aliphatic heterocycles. The van der Waals surface area contributed by atoms with E-state index in [-0.39, 0.29) is 11.8 Å². The number of likely N-dealkylation sites (tertiary alicyclic amines) is 1. The van der Waals surface area contributed by atoms with Crippen LogP contribution < -0.4 is 5.73 Å². The monoisotopic (exact) mass is 186 g/mol. The Morgan fingerprint density at radius 2 is 2.23 bits per heavy atom. The Hall–Kier alpha value is -0.610. The standard InChI is InChI=1S/C9H18N2O2/c1-3-7(4-10)8(12)11-5-9(2,13)6-11/h7,13H,3-6,10H2,1-2H3. The van der Waals surface area contributed by atoms with Crippen LogP contribution in [0, 0.1) is 5.92 Å². The molecule has 0 radical (unpaired) electrons. The predicted octanol–water partition coefficient (Wildman–Crippen LogP) is -0.435. The van der Waals surface area contributed by atoms with Crippen molar-refractivity contribution in [1.82, 2.24) is 4.90 Å². The molecule has 0 spiro atoms. The largest absolute Gasteiger partial charge is 0.386 e. The summed E-state index contributed by atoms with van der Waals surface area (Å²) < 4.78 is 0.